The highest BCUT2D eigenvalue weighted by Crippen LogP contribution is 2.11. The van der Waals surface area contributed by atoms with Gasteiger partial charge in [-0.1, -0.05) is 0 Å². The summed E-state index contributed by atoms with van der Waals surface area (Å²) in [6, 6.07) is 0. The quantitative estimate of drug-likeness (QED) is 0.626. The molecule has 54 valence electrons. The van der Waals surface area contributed by atoms with Crippen molar-refractivity contribution in [1.29, 1.82) is 0 Å². The normalized spacial score (nSPS) is 16.6. The number of hydrogen-bond donors (Lipinski definition) is 1. The monoisotopic (exact) mass is 140 g/mol. The standard InChI is InChI=1S/C6H8N2O2/c9-6(10)3-5-1-2-7-8-4-5/h4H,1-3H2,(H,9,10). The van der Waals surface area contributed by atoms with Crippen LogP contribution in [0.5, 0.6) is 0 Å². The van der Waals surface area contributed by atoms with Gasteiger partial charge < -0.3 is 5.11 Å². The summed E-state index contributed by atoms with van der Waals surface area (Å²) in [4.78, 5) is 10.2. The fourth-order valence-corrected chi connectivity index (χ4v) is 0.767. The zero-order valence-electron chi connectivity index (χ0n) is 5.45. The Bertz CT molecular complexity index is 196. The second-order valence-corrected chi connectivity index (χ2v) is 2.09. The molecular weight excluding hydrogens is 132 g/mol. The van der Waals surface area contributed by atoms with Crippen LogP contribution in [0.1, 0.15) is 12.8 Å². The lowest BCUT2D eigenvalue weighted by molar-refractivity contribution is -0.136. The van der Waals surface area contributed by atoms with Gasteiger partial charge >= 0.3 is 5.97 Å². The molecule has 0 spiro atoms. The predicted octanol–water partition coefficient (Wildman–Crippen LogP) is 1.20. The van der Waals surface area contributed by atoms with E-state index in [2.05, 4.69) is 10.2 Å². The van der Waals surface area contributed by atoms with E-state index < -0.39 is 5.97 Å². The fourth-order valence-electron chi connectivity index (χ4n) is 0.767. The molecule has 0 saturated carbocycles. The van der Waals surface area contributed by atoms with Crippen LogP contribution < -0.4 is 0 Å². The minimum absolute atomic E-state index is 0.0962. The molecule has 1 aliphatic heterocycles. The first-order valence-corrected chi connectivity index (χ1v) is 3.05. The largest absolute Gasteiger partial charge is 0.481 e. The van der Waals surface area contributed by atoms with E-state index in [1.54, 1.807) is 0 Å². The molecule has 1 rings (SSSR count). The molecule has 0 atom stereocenters. The molecule has 0 aromatic carbocycles. The highest BCUT2D eigenvalue weighted by Gasteiger charge is 2.05. The number of rotatable bonds is 2. The molecule has 0 aliphatic carbocycles. The molecule has 4 heteroatoms. The first kappa shape index (κ1) is 6.92. The van der Waals surface area contributed by atoms with Crippen molar-refractivity contribution in [3.63, 3.8) is 0 Å². The van der Waals surface area contributed by atoms with Crippen LogP contribution >= 0.6 is 0 Å². The maximum atomic E-state index is 10.2. The second-order valence-electron chi connectivity index (χ2n) is 2.09. The first-order valence-electron chi connectivity index (χ1n) is 3.05. The van der Waals surface area contributed by atoms with Crippen molar-refractivity contribution in [3.05, 3.63) is 11.8 Å². The molecule has 1 N–H and O–H groups in total. The van der Waals surface area contributed by atoms with Crippen LogP contribution in [0.2, 0.25) is 0 Å². The van der Waals surface area contributed by atoms with Gasteiger partial charge in [0.2, 0.25) is 0 Å². The SMILES string of the molecule is O=C(O)CC1=CN=NCC1. The number of carboxylic acid groups (broad SMARTS) is 1. The summed E-state index contributed by atoms with van der Waals surface area (Å²) in [6.45, 7) is 0.624. The molecule has 0 saturated heterocycles. The Labute approximate surface area is 58.3 Å². The molecule has 4 nitrogen and oxygen atoms in total. The summed E-state index contributed by atoms with van der Waals surface area (Å²) < 4.78 is 0. The van der Waals surface area contributed by atoms with Crippen molar-refractivity contribution >= 4 is 5.97 Å². The third kappa shape index (κ3) is 1.97. The van der Waals surface area contributed by atoms with Crippen LogP contribution in [0.3, 0.4) is 0 Å². The van der Waals surface area contributed by atoms with Crippen LogP contribution in [-0.4, -0.2) is 17.6 Å². The van der Waals surface area contributed by atoms with E-state index >= 15 is 0 Å². The Kier molecular flexibility index (Phi) is 2.15. The zero-order chi connectivity index (χ0) is 7.40. The summed E-state index contributed by atoms with van der Waals surface area (Å²) in [5, 5.41) is 15.7. The van der Waals surface area contributed by atoms with E-state index in [9.17, 15) is 4.79 Å². The Morgan fingerprint density at radius 1 is 1.80 bits per heavy atom. The number of hydrogen-bond acceptors (Lipinski definition) is 3. The summed E-state index contributed by atoms with van der Waals surface area (Å²) in [7, 11) is 0. The maximum absolute atomic E-state index is 10.2. The smallest absolute Gasteiger partial charge is 0.307 e. The van der Waals surface area contributed by atoms with Gasteiger partial charge in [-0.25, -0.2) is 0 Å². The summed E-state index contributed by atoms with van der Waals surface area (Å²) >= 11 is 0. The Morgan fingerprint density at radius 3 is 3.10 bits per heavy atom. The molecule has 0 radical (unpaired) electrons. The molecule has 0 bridgehead atoms. The lowest BCUT2D eigenvalue weighted by Gasteiger charge is -2.02. The van der Waals surface area contributed by atoms with Crippen LogP contribution in [0.4, 0.5) is 0 Å². The molecule has 0 unspecified atom stereocenters. The fraction of sp³-hybridized carbons (Fsp3) is 0.500. The van der Waals surface area contributed by atoms with Gasteiger partial charge in [-0.2, -0.15) is 10.2 Å². The van der Waals surface area contributed by atoms with Gasteiger partial charge in [0.05, 0.1) is 13.0 Å². The van der Waals surface area contributed by atoms with E-state index in [-0.39, 0.29) is 6.42 Å². The second kappa shape index (κ2) is 3.10. The van der Waals surface area contributed by atoms with Crippen molar-refractivity contribution < 1.29 is 9.90 Å². The third-order valence-electron chi connectivity index (χ3n) is 1.23. The van der Waals surface area contributed by atoms with E-state index in [1.807, 2.05) is 0 Å². The Hall–Kier alpha value is -1.19. The van der Waals surface area contributed by atoms with E-state index in [1.165, 1.54) is 6.20 Å². The van der Waals surface area contributed by atoms with Crippen molar-refractivity contribution in [2.45, 2.75) is 12.8 Å². The van der Waals surface area contributed by atoms with Crippen LogP contribution in [0.25, 0.3) is 0 Å². The van der Waals surface area contributed by atoms with Crippen molar-refractivity contribution in [1.82, 2.24) is 0 Å². The molecule has 0 aromatic heterocycles. The summed E-state index contributed by atoms with van der Waals surface area (Å²) in [5.41, 5.74) is 0.850. The number of aliphatic carboxylic acids is 1. The molecule has 10 heavy (non-hydrogen) atoms. The molecule has 1 aliphatic rings. The minimum atomic E-state index is -0.802. The number of carbonyl (C=O) groups is 1. The molecular formula is C6H8N2O2. The molecule has 0 aromatic rings. The van der Waals surface area contributed by atoms with Crippen molar-refractivity contribution in [2.75, 3.05) is 6.54 Å². The van der Waals surface area contributed by atoms with Crippen LogP contribution in [0.15, 0.2) is 22.0 Å². The predicted molar refractivity (Wildman–Crippen MR) is 34.7 cm³/mol. The highest BCUT2D eigenvalue weighted by atomic mass is 16.4. The average molecular weight is 140 g/mol. The van der Waals surface area contributed by atoms with Crippen molar-refractivity contribution in [3.8, 4) is 0 Å². The number of azo groups is 1. The maximum Gasteiger partial charge on any atom is 0.307 e. The molecule has 1 heterocycles. The van der Waals surface area contributed by atoms with Crippen molar-refractivity contribution in [2.24, 2.45) is 10.2 Å². The number of nitrogens with zero attached hydrogens (tertiary/aromatic N) is 2. The average Bonchev–Trinajstić information content (AvgIpc) is 1.88. The van der Waals surface area contributed by atoms with Gasteiger partial charge in [-0.3, -0.25) is 4.79 Å². The highest BCUT2D eigenvalue weighted by molar-refractivity contribution is 5.69. The van der Waals surface area contributed by atoms with Gasteiger partial charge in [-0.15, -0.1) is 0 Å². The Morgan fingerprint density at radius 2 is 2.60 bits per heavy atom. The lowest BCUT2D eigenvalue weighted by atomic mass is 10.1. The van der Waals surface area contributed by atoms with Gasteiger partial charge in [0, 0.05) is 6.20 Å². The van der Waals surface area contributed by atoms with Gasteiger partial charge in [0.25, 0.3) is 0 Å². The molecule has 0 fully saturated rings. The van der Waals surface area contributed by atoms with E-state index in [4.69, 9.17) is 5.11 Å². The minimum Gasteiger partial charge on any atom is -0.481 e. The van der Waals surface area contributed by atoms with Gasteiger partial charge in [0.1, 0.15) is 0 Å². The van der Waals surface area contributed by atoms with E-state index in [0.29, 0.717) is 6.54 Å². The lowest BCUT2D eigenvalue weighted by Crippen LogP contribution is -2.00. The topological polar surface area (TPSA) is 62.0 Å². The Balaban J connectivity index is 2.47. The van der Waals surface area contributed by atoms with E-state index in [0.717, 1.165) is 12.0 Å². The summed E-state index contributed by atoms with van der Waals surface area (Å²) in [5.74, 6) is -0.802. The zero-order valence-corrected chi connectivity index (χ0v) is 5.45. The summed E-state index contributed by atoms with van der Waals surface area (Å²) in [6.07, 6.45) is 2.35. The van der Waals surface area contributed by atoms with Gasteiger partial charge in [0.15, 0.2) is 0 Å². The van der Waals surface area contributed by atoms with Crippen LogP contribution in [-0.2, 0) is 4.79 Å². The third-order valence-corrected chi connectivity index (χ3v) is 1.23. The number of carboxylic acids is 1. The molecule has 0 amide bonds. The first-order chi connectivity index (χ1) is 4.79. The van der Waals surface area contributed by atoms with Gasteiger partial charge in [-0.05, 0) is 12.0 Å². The van der Waals surface area contributed by atoms with Crippen LogP contribution in [0, 0.1) is 0 Å².